The molecule has 90 valence electrons. The summed E-state index contributed by atoms with van der Waals surface area (Å²) in [6.45, 7) is 2.75. The highest BCUT2D eigenvalue weighted by atomic mass is 79.9. The van der Waals surface area contributed by atoms with E-state index in [4.69, 9.17) is 4.74 Å². The first-order valence-electron chi connectivity index (χ1n) is 5.99. The first kappa shape index (κ1) is 11.3. The molecule has 1 fully saturated rings. The van der Waals surface area contributed by atoms with Crippen LogP contribution in [0.4, 0.5) is 0 Å². The molecule has 1 aromatic carbocycles. The molecule has 2 aromatic rings. The van der Waals surface area contributed by atoms with Crippen LogP contribution in [0.15, 0.2) is 22.8 Å². The molecule has 1 aliphatic carbocycles. The van der Waals surface area contributed by atoms with E-state index in [1.165, 1.54) is 39.3 Å². The second-order valence-electron chi connectivity index (χ2n) is 4.84. The van der Waals surface area contributed by atoms with Gasteiger partial charge < -0.3 is 9.30 Å². The Kier molecular flexibility index (Phi) is 2.75. The van der Waals surface area contributed by atoms with Gasteiger partial charge in [0.25, 0.3) is 0 Å². The highest BCUT2D eigenvalue weighted by Gasteiger charge is 2.27. The molecular formula is C14H16BrNO. The largest absolute Gasteiger partial charge is 0.364 e. The molecule has 0 bridgehead atoms. The Labute approximate surface area is 110 Å². The molecule has 0 radical (unpaired) electrons. The summed E-state index contributed by atoms with van der Waals surface area (Å²) < 4.78 is 8.69. The summed E-state index contributed by atoms with van der Waals surface area (Å²) in [4.78, 5) is 0. The molecule has 0 unspecified atom stereocenters. The maximum Gasteiger partial charge on any atom is 0.122 e. The van der Waals surface area contributed by atoms with E-state index in [0.717, 1.165) is 5.92 Å². The van der Waals surface area contributed by atoms with Gasteiger partial charge in [0.05, 0.1) is 5.52 Å². The molecule has 3 rings (SSSR count). The lowest BCUT2D eigenvalue weighted by Gasteiger charge is -2.06. The van der Waals surface area contributed by atoms with Crippen molar-refractivity contribution in [1.82, 2.24) is 4.57 Å². The molecule has 1 heterocycles. The highest BCUT2D eigenvalue weighted by molar-refractivity contribution is 9.10. The van der Waals surface area contributed by atoms with E-state index in [1.807, 2.05) is 0 Å². The predicted octanol–water partition coefficient (Wildman–Crippen LogP) is 4.19. The van der Waals surface area contributed by atoms with Crippen LogP contribution in [0.2, 0.25) is 0 Å². The summed E-state index contributed by atoms with van der Waals surface area (Å²) in [5.41, 5.74) is 4.03. The maximum absolute atomic E-state index is 5.29. The van der Waals surface area contributed by atoms with Crippen LogP contribution in [-0.2, 0) is 11.5 Å². The third kappa shape index (κ3) is 1.81. The van der Waals surface area contributed by atoms with Crippen LogP contribution in [0.5, 0.6) is 0 Å². The number of hydrogen-bond donors (Lipinski definition) is 0. The monoisotopic (exact) mass is 293 g/mol. The van der Waals surface area contributed by atoms with Gasteiger partial charge in [-0.1, -0.05) is 12.1 Å². The fourth-order valence-corrected chi connectivity index (χ4v) is 3.02. The lowest BCUT2D eigenvalue weighted by atomic mass is 10.1. The van der Waals surface area contributed by atoms with E-state index in [1.54, 1.807) is 7.11 Å². The number of aryl methyl sites for hydroxylation is 1. The predicted molar refractivity (Wildman–Crippen MR) is 73.4 cm³/mol. The third-order valence-corrected chi connectivity index (χ3v) is 4.49. The molecule has 0 N–H and O–H groups in total. The molecule has 0 spiro atoms. The average molecular weight is 294 g/mol. The van der Waals surface area contributed by atoms with Crippen LogP contribution >= 0.6 is 15.9 Å². The highest BCUT2D eigenvalue weighted by Crippen LogP contribution is 2.45. The molecule has 1 aromatic heterocycles. The van der Waals surface area contributed by atoms with E-state index in [-0.39, 0.29) is 0 Å². The van der Waals surface area contributed by atoms with Gasteiger partial charge in [0.2, 0.25) is 0 Å². The topological polar surface area (TPSA) is 14.2 Å². The Morgan fingerprint density at radius 3 is 2.82 bits per heavy atom. The third-order valence-electron chi connectivity index (χ3n) is 3.49. The normalized spacial score (nSPS) is 15.7. The van der Waals surface area contributed by atoms with E-state index in [2.05, 4.69) is 45.8 Å². The first-order chi connectivity index (χ1) is 8.22. The van der Waals surface area contributed by atoms with Gasteiger partial charge in [0.15, 0.2) is 0 Å². The summed E-state index contributed by atoms with van der Waals surface area (Å²) in [5.74, 6) is 0.769. The van der Waals surface area contributed by atoms with Gasteiger partial charge in [-0.15, -0.1) is 0 Å². The number of aromatic nitrogens is 1. The summed E-state index contributed by atoms with van der Waals surface area (Å²) in [6, 6.07) is 4.44. The molecule has 0 aliphatic heterocycles. The summed E-state index contributed by atoms with van der Waals surface area (Å²) >= 11 is 3.71. The minimum Gasteiger partial charge on any atom is -0.364 e. The molecule has 3 heteroatoms. The fourth-order valence-electron chi connectivity index (χ4n) is 2.44. The van der Waals surface area contributed by atoms with Gasteiger partial charge in [-0.3, -0.25) is 0 Å². The maximum atomic E-state index is 5.29. The average Bonchev–Trinajstić information content (AvgIpc) is 3.08. The lowest BCUT2D eigenvalue weighted by Crippen LogP contribution is -1.98. The second kappa shape index (κ2) is 4.14. The van der Waals surface area contributed by atoms with Crippen molar-refractivity contribution in [3.8, 4) is 0 Å². The quantitative estimate of drug-likeness (QED) is 0.827. The Hall–Kier alpha value is -0.800. The smallest absolute Gasteiger partial charge is 0.122 e. The van der Waals surface area contributed by atoms with Crippen molar-refractivity contribution in [2.24, 2.45) is 0 Å². The Bertz CT molecular complexity index is 569. The van der Waals surface area contributed by atoms with Crippen molar-refractivity contribution < 1.29 is 4.74 Å². The molecule has 17 heavy (non-hydrogen) atoms. The van der Waals surface area contributed by atoms with E-state index >= 15 is 0 Å². The number of ether oxygens (including phenoxy) is 1. The van der Waals surface area contributed by atoms with Crippen LogP contribution < -0.4 is 0 Å². The van der Waals surface area contributed by atoms with Crippen molar-refractivity contribution >= 4 is 26.8 Å². The van der Waals surface area contributed by atoms with Gasteiger partial charge >= 0.3 is 0 Å². The van der Waals surface area contributed by atoms with Gasteiger partial charge in [0.1, 0.15) is 6.73 Å². The number of fused-ring (bicyclic) bond motifs is 1. The van der Waals surface area contributed by atoms with E-state index < -0.39 is 0 Å². The SMILES string of the molecule is COCn1cc(C2CC2)c2ccc(C)c(Br)c21. The van der Waals surface area contributed by atoms with Gasteiger partial charge in [0, 0.05) is 23.2 Å². The number of nitrogens with zero attached hydrogens (tertiary/aromatic N) is 1. The van der Waals surface area contributed by atoms with Crippen molar-refractivity contribution in [3.63, 3.8) is 0 Å². The van der Waals surface area contributed by atoms with Crippen LogP contribution in [0.1, 0.15) is 29.9 Å². The number of halogens is 1. The van der Waals surface area contributed by atoms with Crippen molar-refractivity contribution in [1.29, 1.82) is 0 Å². The summed E-state index contributed by atoms with van der Waals surface area (Å²) in [6.07, 6.45) is 4.92. The van der Waals surface area contributed by atoms with Crippen LogP contribution in [0.25, 0.3) is 10.9 Å². The minimum atomic E-state index is 0.616. The van der Waals surface area contributed by atoms with Crippen LogP contribution in [-0.4, -0.2) is 11.7 Å². The fraction of sp³-hybridized carbons (Fsp3) is 0.429. The molecule has 0 amide bonds. The van der Waals surface area contributed by atoms with Crippen molar-refractivity contribution in [2.45, 2.75) is 32.4 Å². The van der Waals surface area contributed by atoms with Crippen molar-refractivity contribution in [2.75, 3.05) is 7.11 Å². The zero-order valence-electron chi connectivity index (χ0n) is 10.2. The van der Waals surface area contributed by atoms with Gasteiger partial charge in [-0.2, -0.15) is 0 Å². The Balaban J connectivity index is 2.27. The summed E-state index contributed by atoms with van der Waals surface area (Å²) in [7, 11) is 1.74. The summed E-state index contributed by atoms with van der Waals surface area (Å²) in [5, 5.41) is 1.38. The lowest BCUT2D eigenvalue weighted by molar-refractivity contribution is 0.134. The molecule has 0 atom stereocenters. The van der Waals surface area contributed by atoms with Gasteiger partial charge in [-0.05, 0) is 52.7 Å². The van der Waals surface area contributed by atoms with Crippen LogP contribution in [0.3, 0.4) is 0 Å². The number of methoxy groups -OCH3 is 1. The Morgan fingerprint density at radius 2 is 2.18 bits per heavy atom. The van der Waals surface area contributed by atoms with Gasteiger partial charge in [-0.25, -0.2) is 0 Å². The van der Waals surface area contributed by atoms with E-state index in [0.29, 0.717) is 6.73 Å². The second-order valence-corrected chi connectivity index (χ2v) is 5.63. The molecule has 1 saturated carbocycles. The number of rotatable bonds is 3. The Morgan fingerprint density at radius 1 is 1.41 bits per heavy atom. The minimum absolute atomic E-state index is 0.616. The zero-order chi connectivity index (χ0) is 12.0. The number of hydrogen-bond acceptors (Lipinski definition) is 1. The van der Waals surface area contributed by atoms with Crippen LogP contribution in [0, 0.1) is 6.92 Å². The zero-order valence-corrected chi connectivity index (χ0v) is 11.8. The first-order valence-corrected chi connectivity index (χ1v) is 6.78. The molecule has 2 nitrogen and oxygen atoms in total. The molecular weight excluding hydrogens is 278 g/mol. The standard InChI is InChI=1S/C14H16BrNO/c1-9-3-6-11-12(10-4-5-10)7-16(8-17-2)14(11)13(9)15/h3,6-7,10H,4-5,8H2,1-2H3. The van der Waals surface area contributed by atoms with Crippen molar-refractivity contribution in [3.05, 3.63) is 33.9 Å². The molecule has 1 aliphatic rings. The molecule has 0 saturated heterocycles. The number of benzene rings is 1. The van der Waals surface area contributed by atoms with E-state index in [9.17, 15) is 0 Å².